The van der Waals surface area contributed by atoms with Crippen molar-refractivity contribution >= 4 is 22.7 Å². The van der Waals surface area contributed by atoms with Crippen LogP contribution in [0.2, 0.25) is 0 Å². The van der Waals surface area contributed by atoms with Crippen LogP contribution in [0.4, 0.5) is 10.1 Å². The summed E-state index contributed by atoms with van der Waals surface area (Å²) in [5, 5.41) is 5.55. The largest absolute Gasteiger partial charge is 0.354 e. The van der Waals surface area contributed by atoms with Crippen LogP contribution >= 0.6 is 11.3 Å². The Bertz CT molecular complexity index is 1060. The molecule has 2 nitrogen and oxygen atoms in total. The van der Waals surface area contributed by atoms with Gasteiger partial charge >= 0.3 is 0 Å². The molecule has 1 aliphatic heterocycles. The van der Waals surface area contributed by atoms with Crippen LogP contribution in [-0.2, 0) is 0 Å². The normalized spacial score (nSPS) is 13.7. The van der Waals surface area contributed by atoms with Crippen LogP contribution in [0, 0.1) is 19.7 Å². The molecule has 3 aromatic rings. The average molecular weight is 379 g/mol. The maximum absolute atomic E-state index is 14.8. The summed E-state index contributed by atoms with van der Waals surface area (Å²) < 4.78 is 14.8. The fourth-order valence-electron chi connectivity index (χ4n) is 3.95. The van der Waals surface area contributed by atoms with Crippen molar-refractivity contribution in [1.82, 2.24) is 0 Å². The van der Waals surface area contributed by atoms with Gasteiger partial charge in [0.15, 0.2) is 0 Å². The standard InChI is InChI=1S/C23H23FN2S/c1-12-9-13(2)22-21(18-7-8-27-23(18)15(4)26-22)20(12)16-5-6-17(14(3)11-25)19(24)10-16/h5-10,14,26H,4,11,25H2,1-3H3. The molecule has 3 N–H and O–H groups in total. The minimum atomic E-state index is -0.196. The molecule has 27 heavy (non-hydrogen) atoms. The highest BCUT2D eigenvalue weighted by Gasteiger charge is 2.26. The lowest BCUT2D eigenvalue weighted by atomic mass is 9.85. The van der Waals surface area contributed by atoms with E-state index in [2.05, 4.69) is 43.3 Å². The number of aryl methyl sites for hydroxylation is 2. The third-order valence-electron chi connectivity index (χ3n) is 5.38. The van der Waals surface area contributed by atoms with Crippen LogP contribution in [0.5, 0.6) is 0 Å². The second-order valence-corrected chi connectivity index (χ2v) is 8.19. The Kier molecular flexibility index (Phi) is 4.41. The zero-order chi connectivity index (χ0) is 19.3. The van der Waals surface area contributed by atoms with E-state index in [1.54, 1.807) is 17.4 Å². The number of benzene rings is 2. The lowest BCUT2D eigenvalue weighted by molar-refractivity contribution is 0.591. The zero-order valence-electron chi connectivity index (χ0n) is 15.8. The molecule has 0 saturated heterocycles. The third kappa shape index (κ3) is 2.80. The fraction of sp³-hybridized carbons (Fsp3) is 0.217. The summed E-state index contributed by atoms with van der Waals surface area (Å²) in [6.45, 7) is 10.7. The van der Waals surface area contributed by atoms with Crippen molar-refractivity contribution in [3.63, 3.8) is 0 Å². The summed E-state index contributed by atoms with van der Waals surface area (Å²) in [5.41, 5.74) is 14.9. The zero-order valence-corrected chi connectivity index (χ0v) is 16.6. The molecular formula is C23H23FN2S. The van der Waals surface area contributed by atoms with Gasteiger partial charge in [0.2, 0.25) is 0 Å². The number of rotatable bonds is 3. The molecule has 0 amide bonds. The Morgan fingerprint density at radius 3 is 2.63 bits per heavy atom. The van der Waals surface area contributed by atoms with Gasteiger partial charge in [0.25, 0.3) is 0 Å². The van der Waals surface area contributed by atoms with Gasteiger partial charge in [0.1, 0.15) is 5.82 Å². The van der Waals surface area contributed by atoms with Gasteiger partial charge in [-0.2, -0.15) is 0 Å². The van der Waals surface area contributed by atoms with Gasteiger partial charge in [-0.05, 0) is 71.6 Å². The smallest absolute Gasteiger partial charge is 0.127 e. The molecule has 0 spiro atoms. The van der Waals surface area contributed by atoms with Crippen LogP contribution in [-0.4, -0.2) is 6.54 Å². The summed E-state index contributed by atoms with van der Waals surface area (Å²) in [4.78, 5) is 1.14. The van der Waals surface area contributed by atoms with Gasteiger partial charge in [-0.25, -0.2) is 4.39 Å². The Labute approximate surface area is 163 Å². The van der Waals surface area contributed by atoms with Gasteiger partial charge in [-0.3, -0.25) is 0 Å². The highest BCUT2D eigenvalue weighted by atomic mass is 32.1. The van der Waals surface area contributed by atoms with Crippen molar-refractivity contribution in [3.8, 4) is 22.3 Å². The topological polar surface area (TPSA) is 38.0 Å². The van der Waals surface area contributed by atoms with E-state index in [4.69, 9.17) is 5.73 Å². The fourth-order valence-corrected chi connectivity index (χ4v) is 4.78. The molecule has 1 aromatic heterocycles. The number of anilines is 1. The Morgan fingerprint density at radius 1 is 1.15 bits per heavy atom. The molecule has 4 heteroatoms. The minimum absolute atomic E-state index is 0.000506. The molecule has 1 unspecified atom stereocenters. The van der Waals surface area contributed by atoms with E-state index in [1.165, 1.54) is 5.56 Å². The van der Waals surface area contributed by atoms with Gasteiger partial charge in [-0.15, -0.1) is 11.3 Å². The maximum atomic E-state index is 14.8. The van der Waals surface area contributed by atoms with E-state index in [0.29, 0.717) is 12.1 Å². The predicted molar refractivity (Wildman–Crippen MR) is 115 cm³/mol. The van der Waals surface area contributed by atoms with Crippen molar-refractivity contribution < 1.29 is 4.39 Å². The first-order chi connectivity index (χ1) is 12.9. The molecule has 0 radical (unpaired) electrons. The van der Waals surface area contributed by atoms with Crippen LogP contribution in [0.1, 0.15) is 34.4 Å². The molecule has 2 heterocycles. The number of nitrogens with one attached hydrogen (secondary N) is 1. The summed E-state index contributed by atoms with van der Waals surface area (Å²) in [6, 6.07) is 9.82. The molecular weight excluding hydrogens is 355 g/mol. The Hall–Kier alpha value is -2.43. The summed E-state index contributed by atoms with van der Waals surface area (Å²) in [7, 11) is 0. The Morgan fingerprint density at radius 2 is 1.93 bits per heavy atom. The van der Waals surface area contributed by atoms with Crippen LogP contribution in [0.3, 0.4) is 0 Å². The molecule has 0 fully saturated rings. The summed E-state index contributed by atoms with van der Waals surface area (Å²) in [6.07, 6.45) is 0. The van der Waals surface area contributed by atoms with Crippen molar-refractivity contribution in [3.05, 3.63) is 69.7 Å². The minimum Gasteiger partial charge on any atom is -0.354 e. The molecule has 2 aromatic carbocycles. The molecule has 0 saturated carbocycles. The third-order valence-corrected chi connectivity index (χ3v) is 6.35. The first-order valence-corrected chi connectivity index (χ1v) is 9.98. The van der Waals surface area contributed by atoms with Crippen molar-refractivity contribution in [1.29, 1.82) is 0 Å². The van der Waals surface area contributed by atoms with E-state index in [1.807, 2.05) is 19.1 Å². The molecule has 1 aliphatic rings. The molecule has 4 rings (SSSR count). The second kappa shape index (κ2) is 6.63. The highest BCUT2D eigenvalue weighted by Crippen LogP contribution is 2.49. The number of nitrogens with two attached hydrogens (primary N) is 1. The number of hydrogen-bond donors (Lipinski definition) is 2. The van der Waals surface area contributed by atoms with E-state index >= 15 is 0 Å². The van der Waals surface area contributed by atoms with Crippen molar-refractivity contribution in [2.75, 3.05) is 11.9 Å². The van der Waals surface area contributed by atoms with E-state index in [0.717, 1.165) is 44.1 Å². The highest BCUT2D eigenvalue weighted by molar-refractivity contribution is 7.11. The van der Waals surface area contributed by atoms with Crippen LogP contribution < -0.4 is 11.1 Å². The van der Waals surface area contributed by atoms with Crippen LogP contribution in [0.15, 0.2) is 42.3 Å². The van der Waals surface area contributed by atoms with E-state index < -0.39 is 0 Å². The lowest BCUT2D eigenvalue weighted by Gasteiger charge is -2.27. The number of hydrogen-bond acceptors (Lipinski definition) is 3. The van der Waals surface area contributed by atoms with Gasteiger partial charge in [-0.1, -0.05) is 31.7 Å². The predicted octanol–water partition coefficient (Wildman–Crippen LogP) is 6.30. The van der Waals surface area contributed by atoms with Gasteiger partial charge < -0.3 is 11.1 Å². The van der Waals surface area contributed by atoms with E-state index in [-0.39, 0.29) is 11.7 Å². The number of halogens is 1. The molecule has 1 atom stereocenters. The molecule has 0 aliphatic carbocycles. The average Bonchev–Trinajstić information content (AvgIpc) is 3.13. The second-order valence-electron chi connectivity index (χ2n) is 7.28. The van der Waals surface area contributed by atoms with Crippen molar-refractivity contribution in [2.45, 2.75) is 26.7 Å². The maximum Gasteiger partial charge on any atom is 0.127 e. The molecule has 0 bridgehead atoms. The summed E-state index contributed by atoms with van der Waals surface area (Å²) >= 11 is 1.68. The van der Waals surface area contributed by atoms with E-state index in [9.17, 15) is 4.39 Å². The van der Waals surface area contributed by atoms with Crippen LogP contribution in [0.25, 0.3) is 28.0 Å². The first kappa shape index (κ1) is 18.0. The number of thiophene rings is 1. The first-order valence-electron chi connectivity index (χ1n) is 9.10. The number of fused-ring (bicyclic) bond motifs is 3. The Balaban J connectivity index is 1.98. The van der Waals surface area contributed by atoms with Crippen molar-refractivity contribution in [2.24, 2.45) is 5.73 Å². The molecule has 138 valence electrons. The monoisotopic (exact) mass is 378 g/mol. The quantitative estimate of drug-likeness (QED) is 0.561. The summed E-state index contributed by atoms with van der Waals surface area (Å²) in [5.74, 6) is -0.196. The lowest BCUT2D eigenvalue weighted by Crippen LogP contribution is -2.11. The van der Waals surface area contributed by atoms with Gasteiger partial charge in [0.05, 0.1) is 10.6 Å². The SMILES string of the molecule is C=C1Nc2c(C)cc(C)c(-c3ccc(C(C)CN)c(F)c3)c2-c2ccsc21. The van der Waals surface area contributed by atoms with Gasteiger partial charge in [0, 0.05) is 16.8 Å².